The Hall–Kier alpha value is -5.26. The van der Waals surface area contributed by atoms with Gasteiger partial charge in [0.15, 0.2) is 0 Å². The first-order valence-corrected chi connectivity index (χ1v) is 18.5. The van der Waals surface area contributed by atoms with Crippen LogP contribution in [0.1, 0.15) is 18.9 Å². The smallest absolute Gasteiger partial charge is 0.296 e. The zero-order chi connectivity index (χ0) is 37.7. The maximum Gasteiger partial charge on any atom is 0.296 e. The van der Waals surface area contributed by atoms with Gasteiger partial charge in [0.1, 0.15) is 4.90 Å². The summed E-state index contributed by atoms with van der Waals surface area (Å²) in [6.45, 7) is 8.90. The molecule has 2 aromatic heterocycles. The molecule has 22 heteroatoms. The van der Waals surface area contributed by atoms with Crippen LogP contribution in [0.5, 0.6) is 0 Å². The Morgan fingerprint density at radius 1 is 1.02 bits per heavy atom. The van der Waals surface area contributed by atoms with E-state index in [1.165, 1.54) is 30.4 Å². The molecule has 280 valence electrons. The highest BCUT2D eigenvalue weighted by atomic mass is 32.2. The van der Waals surface area contributed by atoms with Crippen molar-refractivity contribution >= 4 is 67.7 Å². The Balaban J connectivity index is 1.51. The molecule has 4 rings (SSSR count). The van der Waals surface area contributed by atoms with E-state index in [1.54, 1.807) is 18.2 Å². The molecule has 3 aromatic rings. The molecule has 1 saturated heterocycles. The Bertz CT molecular complexity index is 2040. The fourth-order valence-corrected chi connectivity index (χ4v) is 5.62. The lowest BCUT2D eigenvalue weighted by Gasteiger charge is -2.26. The summed E-state index contributed by atoms with van der Waals surface area (Å²) in [5, 5.41) is 8.75. The number of hydrogen-bond donors (Lipinski definition) is 6. The summed E-state index contributed by atoms with van der Waals surface area (Å²) < 4.78 is 74.4. The number of morpholine rings is 1. The highest BCUT2D eigenvalue weighted by molar-refractivity contribution is 7.90. The summed E-state index contributed by atoms with van der Waals surface area (Å²) in [6, 6.07) is 4.25. The van der Waals surface area contributed by atoms with Gasteiger partial charge >= 0.3 is 0 Å². The van der Waals surface area contributed by atoms with E-state index in [2.05, 4.69) is 56.6 Å². The van der Waals surface area contributed by atoms with Crippen LogP contribution in [0.25, 0.3) is 6.08 Å². The number of hydrogen-bond acceptors (Lipinski definition) is 19. The van der Waals surface area contributed by atoms with E-state index >= 15 is 0 Å². The topological polar surface area (TPSA) is 285 Å². The van der Waals surface area contributed by atoms with Crippen LogP contribution < -0.4 is 32.3 Å². The monoisotopic (exact) mass is 760 g/mol. The quantitative estimate of drug-likeness (QED) is 0.0467. The van der Waals surface area contributed by atoms with Gasteiger partial charge in [0, 0.05) is 37.6 Å². The SMILES string of the molecule is C=C(/C=C(\C=C/C/C=C/c1ccc(Nc2nc(N)nc(NCCOCC)n2)cc1S(=O)(=O)O)Nc1nc(N)nc(N2CCOCC2)n1)S(=O)(=O)OC. The molecule has 0 radical (unpaired) electrons. The predicted molar refractivity (Wildman–Crippen MR) is 196 cm³/mol. The zero-order valence-corrected chi connectivity index (χ0v) is 30.0. The van der Waals surface area contributed by atoms with E-state index in [1.807, 2.05) is 11.8 Å². The summed E-state index contributed by atoms with van der Waals surface area (Å²) in [5.74, 6) is 0.450. The summed E-state index contributed by atoms with van der Waals surface area (Å²) in [7, 11) is -7.77. The third-order valence-corrected chi connectivity index (χ3v) is 8.96. The highest BCUT2D eigenvalue weighted by Gasteiger charge is 2.18. The molecule has 52 heavy (non-hydrogen) atoms. The van der Waals surface area contributed by atoms with Crippen molar-refractivity contribution in [1.82, 2.24) is 29.9 Å². The second-order valence-electron chi connectivity index (χ2n) is 10.6. The van der Waals surface area contributed by atoms with E-state index < -0.39 is 20.2 Å². The molecule has 3 heterocycles. The first kappa shape index (κ1) is 39.5. The molecule has 1 aliphatic heterocycles. The van der Waals surface area contributed by atoms with Gasteiger partial charge in [-0.25, -0.2) is 0 Å². The Morgan fingerprint density at radius 3 is 2.44 bits per heavy atom. The van der Waals surface area contributed by atoms with E-state index in [9.17, 15) is 21.4 Å². The van der Waals surface area contributed by atoms with Crippen molar-refractivity contribution in [3.63, 3.8) is 0 Å². The second kappa shape index (κ2) is 18.3. The number of ether oxygens (including phenoxy) is 2. The van der Waals surface area contributed by atoms with Crippen molar-refractivity contribution < 1.29 is 35.0 Å². The standard InChI is InChI=1S/C30H40N12O8S2/c1-4-49-15-12-33-27-36-25(31)37-28(40-27)35-23-11-10-21(24(19-23)51(43,44)45)8-6-5-7-9-22(18-20(2)52(46,47)48-3)34-29-38-26(32)39-30(41-29)42-13-16-50-17-14-42/h6-11,18-19H,2,4-5,12-17H2,1,3H3,(H,43,44,45)(H3,32,34,38,39,41)(H4,31,33,35,36,37,40)/b8-6+,9-7-,22-18+. The van der Waals surface area contributed by atoms with Crippen molar-refractivity contribution in [1.29, 1.82) is 0 Å². The second-order valence-corrected chi connectivity index (χ2v) is 13.7. The molecule has 20 nitrogen and oxygen atoms in total. The Labute approximate surface area is 301 Å². The van der Waals surface area contributed by atoms with Crippen LogP contribution in [0.3, 0.4) is 0 Å². The fraction of sp³-hybridized carbons (Fsp3) is 0.333. The largest absolute Gasteiger partial charge is 0.380 e. The first-order valence-electron chi connectivity index (χ1n) is 15.6. The summed E-state index contributed by atoms with van der Waals surface area (Å²) >= 11 is 0. The van der Waals surface area contributed by atoms with E-state index in [0.717, 1.165) is 7.11 Å². The number of nitrogens with two attached hydrogens (primary N) is 2. The molecule has 1 aromatic carbocycles. The number of aromatic nitrogens is 6. The van der Waals surface area contributed by atoms with Crippen LogP contribution in [0.15, 0.2) is 64.6 Å². The lowest BCUT2D eigenvalue weighted by Crippen LogP contribution is -2.37. The van der Waals surface area contributed by atoms with Crippen molar-refractivity contribution in [2.24, 2.45) is 0 Å². The number of nitrogens with one attached hydrogen (secondary N) is 3. The lowest BCUT2D eigenvalue weighted by atomic mass is 10.1. The Kier molecular flexibility index (Phi) is 13.9. The number of benzene rings is 1. The molecule has 0 atom stereocenters. The van der Waals surface area contributed by atoms with Crippen LogP contribution in [-0.2, 0) is 33.9 Å². The number of anilines is 7. The van der Waals surface area contributed by atoms with Crippen molar-refractivity contribution in [2.75, 3.05) is 85.5 Å². The van der Waals surface area contributed by atoms with Crippen LogP contribution in [0, 0.1) is 0 Å². The average Bonchev–Trinajstić information content (AvgIpc) is 3.10. The van der Waals surface area contributed by atoms with Gasteiger partial charge in [-0.15, -0.1) is 0 Å². The van der Waals surface area contributed by atoms with Crippen LogP contribution in [0.2, 0.25) is 0 Å². The molecule has 0 saturated carbocycles. The maximum atomic E-state index is 12.3. The molecule has 1 fully saturated rings. The predicted octanol–water partition coefficient (Wildman–Crippen LogP) is 1.94. The molecule has 0 spiro atoms. The van der Waals surface area contributed by atoms with Gasteiger partial charge in [-0.05, 0) is 43.2 Å². The van der Waals surface area contributed by atoms with Crippen LogP contribution >= 0.6 is 0 Å². The highest BCUT2D eigenvalue weighted by Crippen LogP contribution is 2.25. The number of allylic oxidation sites excluding steroid dienone is 4. The van der Waals surface area contributed by atoms with Crippen LogP contribution in [-0.4, -0.2) is 104 Å². The molecule has 0 unspecified atom stereocenters. The normalized spacial score (nSPS) is 14.2. The van der Waals surface area contributed by atoms with Gasteiger partial charge in [-0.3, -0.25) is 8.74 Å². The summed E-state index contributed by atoms with van der Waals surface area (Å²) in [5.41, 5.74) is 12.4. The minimum absolute atomic E-state index is 0.0387. The lowest BCUT2D eigenvalue weighted by molar-refractivity contribution is 0.122. The molecular weight excluding hydrogens is 721 g/mol. The van der Waals surface area contributed by atoms with E-state index in [0.29, 0.717) is 52.0 Å². The minimum Gasteiger partial charge on any atom is -0.380 e. The van der Waals surface area contributed by atoms with Crippen molar-refractivity contribution in [3.05, 3.63) is 65.2 Å². The molecule has 8 N–H and O–H groups in total. The molecule has 0 aliphatic carbocycles. The molecule has 1 aliphatic rings. The summed E-state index contributed by atoms with van der Waals surface area (Å²) in [6.07, 6.45) is 7.74. The third kappa shape index (κ3) is 11.9. The maximum absolute atomic E-state index is 12.3. The number of rotatable bonds is 18. The van der Waals surface area contributed by atoms with Gasteiger partial charge in [-0.1, -0.05) is 30.9 Å². The molecule has 0 amide bonds. The zero-order valence-electron chi connectivity index (χ0n) is 28.4. The van der Waals surface area contributed by atoms with E-state index in [4.69, 9.17) is 20.9 Å². The minimum atomic E-state index is -4.67. The molecule has 0 bridgehead atoms. The Morgan fingerprint density at radius 2 is 1.73 bits per heavy atom. The van der Waals surface area contributed by atoms with Gasteiger partial charge < -0.3 is 41.8 Å². The summed E-state index contributed by atoms with van der Waals surface area (Å²) in [4.78, 5) is 26.1. The first-order chi connectivity index (χ1) is 24.8. The third-order valence-electron chi connectivity index (χ3n) is 6.85. The molecular formula is C30H40N12O8S2. The van der Waals surface area contributed by atoms with Crippen LogP contribution in [0.4, 0.5) is 41.4 Å². The van der Waals surface area contributed by atoms with Gasteiger partial charge in [0.05, 0.1) is 31.8 Å². The average molecular weight is 761 g/mol. The van der Waals surface area contributed by atoms with Crippen molar-refractivity contribution in [2.45, 2.75) is 18.2 Å². The number of nitrogens with zero attached hydrogens (tertiary/aromatic N) is 7. The fourth-order valence-electron chi connectivity index (χ4n) is 4.43. The van der Waals surface area contributed by atoms with Gasteiger partial charge in [-0.2, -0.15) is 46.7 Å². The number of nitrogen functional groups attached to an aromatic ring is 2. The van der Waals surface area contributed by atoms with Gasteiger partial charge in [0.25, 0.3) is 20.2 Å². The van der Waals surface area contributed by atoms with Gasteiger partial charge in [0.2, 0.25) is 35.7 Å². The van der Waals surface area contributed by atoms with E-state index in [-0.39, 0.29) is 62.9 Å². The van der Waals surface area contributed by atoms with Crippen molar-refractivity contribution in [3.8, 4) is 0 Å².